The summed E-state index contributed by atoms with van der Waals surface area (Å²) in [4.78, 5) is 23.0. The molecule has 1 aliphatic heterocycles. The van der Waals surface area contributed by atoms with E-state index in [0.29, 0.717) is 6.04 Å². The summed E-state index contributed by atoms with van der Waals surface area (Å²) in [6, 6.07) is 16.7. The molecule has 2 atom stereocenters. The van der Waals surface area contributed by atoms with Gasteiger partial charge < -0.3 is 15.1 Å². The third-order valence-corrected chi connectivity index (χ3v) is 7.29. The number of hydrogen-bond acceptors (Lipinski definition) is 5. The minimum absolute atomic E-state index is 0.0611. The Labute approximate surface area is 212 Å². The van der Waals surface area contributed by atoms with E-state index >= 15 is 0 Å². The maximum Gasteiger partial charge on any atom is 0.252 e. The number of nitrogens with zero attached hydrogens (tertiary/aromatic N) is 5. The van der Waals surface area contributed by atoms with Crippen molar-refractivity contribution in [2.75, 3.05) is 32.1 Å². The Kier molecular flexibility index (Phi) is 6.49. The summed E-state index contributed by atoms with van der Waals surface area (Å²) in [6.45, 7) is 6.02. The van der Waals surface area contributed by atoms with Gasteiger partial charge in [-0.15, -0.1) is 0 Å². The number of para-hydroxylation sites is 1. The fourth-order valence-electron chi connectivity index (χ4n) is 5.06. The maximum atomic E-state index is 13.5. The van der Waals surface area contributed by atoms with Crippen LogP contribution in [-0.4, -0.2) is 58.8 Å². The van der Waals surface area contributed by atoms with Crippen molar-refractivity contribution in [2.24, 2.45) is 7.05 Å². The Morgan fingerprint density at radius 3 is 2.69 bits per heavy atom. The molecule has 1 fully saturated rings. The molecule has 0 radical (unpaired) electrons. The van der Waals surface area contributed by atoms with Gasteiger partial charge in [0.1, 0.15) is 0 Å². The van der Waals surface area contributed by atoms with Gasteiger partial charge in [-0.2, -0.15) is 5.10 Å². The molecule has 0 bridgehead atoms. The summed E-state index contributed by atoms with van der Waals surface area (Å²) < 4.78 is 1.77. The molecule has 7 heteroatoms. The lowest BCUT2D eigenvalue weighted by atomic mass is 9.99. The van der Waals surface area contributed by atoms with Crippen LogP contribution in [0, 0.1) is 6.92 Å². The molecule has 1 amide bonds. The van der Waals surface area contributed by atoms with E-state index in [-0.39, 0.29) is 11.9 Å². The fourth-order valence-corrected chi connectivity index (χ4v) is 5.06. The zero-order chi connectivity index (χ0) is 25.4. The third-order valence-electron chi connectivity index (χ3n) is 7.29. The largest absolute Gasteiger partial charge is 0.370 e. The molecule has 1 aliphatic rings. The van der Waals surface area contributed by atoms with E-state index in [1.807, 2.05) is 57.6 Å². The molecule has 0 unspecified atom stereocenters. The Balaban J connectivity index is 1.43. The SMILES string of the molecule is Cc1ccc(N2CC[C@@H](N(C)C)C2)cc1C(=O)N[C@H](C)c1cc(-c2cnn(C)c2)nc2ccccc12. The summed E-state index contributed by atoms with van der Waals surface area (Å²) in [5, 5.41) is 8.60. The molecule has 0 saturated carbocycles. The van der Waals surface area contributed by atoms with Crippen molar-refractivity contribution in [3.8, 4) is 11.3 Å². The molecule has 7 nitrogen and oxygen atoms in total. The predicted octanol–water partition coefficient (Wildman–Crippen LogP) is 4.58. The molecule has 2 aromatic heterocycles. The van der Waals surface area contributed by atoms with E-state index in [2.05, 4.69) is 58.6 Å². The second kappa shape index (κ2) is 9.74. The van der Waals surface area contributed by atoms with Crippen molar-refractivity contribution in [3.63, 3.8) is 0 Å². The van der Waals surface area contributed by atoms with Gasteiger partial charge in [-0.05, 0) is 69.8 Å². The van der Waals surface area contributed by atoms with E-state index in [1.165, 1.54) is 0 Å². The molecule has 1 N–H and O–H groups in total. The quantitative estimate of drug-likeness (QED) is 0.436. The Morgan fingerprint density at radius 1 is 1.17 bits per heavy atom. The normalized spacial score (nSPS) is 16.6. The van der Waals surface area contributed by atoms with Crippen molar-refractivity contribution < 1.29 is 4.79 Å². The highest BCUT2D eigenvalue weighted by Gasteiger charge is 2.25. The zero-order valence-electron chi connectivity index (χ0n) is 21.7. The predicted molar refractivity (Wildman–Crippen MR) is 145 cm³/mol. The number of benzene rings is 2. The van der Waals surface area contributed by atoms with E-state index in [4.69, 9.17) is 4.98 Å². The molecule has 186 valence electrons. The van der Waals surface area contributed by atoms with Gasteiger partial charge in [0.15, 0.2) is 0 Å². The van der Waals surface area contributed by atoms with E-state index in [9.17, 15) is 4.79 Å². The number of pyridine rings is 1. The first-order chi connectivity index (χ1) is 17.3. The number of nitrogens with one attached hydrogen (secondary N) is 1. The van der Waals surface area contributed by atoms with Crippen molar-refractivity contribution in [1.29, 1.82) is 0 Å². The standard InChI is InChI=1S/C29H34N6O/c1-19-10-11-22(35-13-12-23(18-35)33(3)4)14-25(19)29(36)31-20(2)26-15-28(21-16-30-34(5)17-21)32-27-9-7-6-8-24(26)27/h6-11,14-17,20,23H,12-13,18H2,1-5H3,(H,31,36)/t20-,23-/m1/s1. The van der Waals surface area contributed by atoms with Gasteiger partial charge in [0.05, 0.1) is 23.4 Å². The monoisotopic (exact) mass is 482 g/mol. The molecule has 4 aromatic rings. The third kappa shape index (κ3) is 4.71. The second-order valence-corrected chi connectivity index (χ2v) is 10.1. The first-order valence-corrected chi connectivity index (χ1v) is 12.5. The second-order valence-electron chi connectivity index (χ2n) is 10.1. The van der Waals surface area contributed by atoms with Gasteiger partial charge in [-0.25, -0.2) is 4.98 Å². The minimum atomic E-state index is -0.200. The lowest BCUT2D eigenvalue weighted by molar-refractivity contribution is 0.0939. The zero-order valence-corrected chi connectivity index (χ0v) is 21.7. The van der Waals surface area contributed by atoms with Crippen LogP contribution >= 0.6 is 0 Å². The van der Waals surface area contributed by atoms with Crippen LogP contribution in [0.15, 0.2) is 60.9 Å². The Bertz CT molecular complexity index is 1410. The van der Waals surface area contributed by atoms with Crippen LogP contribution in [-0.2, 0) is 7.05 Å². The first-order valence-electron chi connectivity index (χ1n) is 12.5. The number of rotatable bonds is 6. The average molecular weight is 483 g/mol. The minimum Gasteiger partial charge on any atom is -0.370 e. The van der Waals surface area contributed by atoms with Crippen LogP contribution in [0.2, 0.25) is 0 Å². The molecule has 3 heterocycles. The lowest BCUT2D eigenvalue weighted by Crippen LogP contribution is -2.31. The fraction of sp³-hybridized carbons (Fsp3) is 0.345. The number of aryl methyl sites for hydroxylation is 2. The van der Waals surface area contributed by atoms with Gasteiger partial charge in [-0.3, -0.25) is 9.48 Å². The van der Waals surface area contributed by atoms with Crippen LogP contribution in [0.4, 0.5) is 5.69 Å². The van der Waals surface area contributed by atoms with Crippen LogP contribution in [0.25, 0.3) is 22.2 Å². The smallest absolute Gasteiger partial charge is 0.252 e. The highest BCUT2D eigenvalue weighted by Crippen LogP contribution is 2.30. The van der Waals surface area contributed by atoms with Crippen molar-refractivity contribution in [3.05, 3.63) is 77.6 Å². The number of likely N-dealkylation sites (N-methyl/N-ethyl adjacent to an activating group) is 1. The molecule has 5 rings (SSSR count). The number of amides is 1. The molecular weight excluding hydrogens is 448 g/mol. The summed E-state index contributed by atoms with van der Waals surface area (Å²) in [7, 11) is 6.16. The maximum absolute atomic E-state index is 13.5. The van der Waals surface area contributed by atoms with E-state index in [0.717, 1.165) is 64.0 Å². The van der Waals surface area contributed by atoms with Gasteiger partial charge in [0.25, 0.3) is 5.91 Å². The topological polar surface area (TPSA) is 66.3 Å². The van der Waals surface area contributed by atoms with Crippen molar-refractivity contribution >= 4 is 22.5 Å². The van der Waals surface area contributed by atoms with Crippen LogP contribution < -0.4 is 10.2 Å². The van der Waals surface area contributed by atoms with Crippen LogP contribution in [0.1, 0.15) is 40.9 Å². The van der Waals surface area contributed by atoms with Gasteiger partial charge >= 0.3 is 0 Å². The first kappa shape index (κ1) is 24.0. The molecule has 1 saturated heterocycles. The van der Waals surface area contributed by atoms with Crippen molar-refractivity contribution in [2.45, 2.75) is 32.4 Å². The molecule has 2 aromatic carbocycles. The average Bonchev–Trinajstić information content (AvgIpc) is 3.53. The molecule has 0 spiro atoms. The van der Waals surface area contributed by atoms with E-state index in [1.54, 1.807) is 4.68 Å². The van der Waals surface area contributed by atoms with Crippen molar-refractivity contribution in [1.82, 2.24) is 25.0 Å². The highest BCUT2D eigenvalue weighted by molar-refractivity contribution is 5.97. The molecule has 0 aliphatic carbocycles. The number of hydrogen-bond donors (Lipinski definition) is 1. The Morgan fingerprint density at radius 2 is 1.97 bits per heavy atom. The number of carbonyl (C=O) groups is 1. The molecule has 36 heavy (non-hydrogen) atoms. The summed E-state index contributed by atoms with van der Waals surface area (Å²) >= 11 is 0. The summed E-state index contributed by atoms with van der Waals surface area (Å²) in [5.74, 6) is -0.0611. The number of fused-ring (bicyclic) bond motifs is 1. The lowest BCUT2D eigenvalue weighted by Gasteiger charge is -2.23. The number of carbonyl (C=O) groups excluding carboxylic acids is 1. The number of anilines is 1. The van der Waals surface area contributed by atoms with Crippen LogP contribution in [0.3, 0.4) is 0 Å². The van der Waals surface area contributed by atoms with Gasteiger partial charge in [0, 0.05) is 54.6 Å². The van der Waals surface area contributed by atoms with Crippen LogP contribution in [0.5, 0.6) is 0 Å². The van der Waals surface area contributed by atoms with Gasteiger partial charge in [-0.1, -0.05) is 24.3 Å². The summed E-state index contributed by atoms with van der Waals surface area (Å²) in [6.07, 6.45) is 4.91. The Hall–Kier alpha value is -3.71. The molecular formula is C29H34N6O. The van der Waals surface area contributed by atoms with Gasteiger partial charge in [0.2, 0.25) is 0 Å². The summed E-state index contributed by atoms with van der Waals surface area (Å²) in [5.41, 5.74) is 6.54. The number of aromatic nitrogens is 3. The van der Waals surface area contributed by atoms with E-state index < -0.39 is 0 Å². The highest BCUT2D eigenvalue weighted by atomic mass is 16.1.